The first-order chi connectivity index (χ1) is 8.24. The van der Waals surface area contributed by atoms with Gasteiger partial charge >= 0.3 is 0 Å². The molecule has 4 heteroatoms. The number of amides is 1. The SMILES string of the molecule is CN(CCCNC(=O)CCN)c1ccccc1. The van der Waals surface area contributed by atoms with Crippen LogP contribution in [0.5, 0.6) is 0 Å². The summed E-state index contributed by atoms with van der Waals surface area (Å²) in [5.41, 5.74) is 6.48. The molecule has 0 unspecified atom stereocenters. The second-order valence-electron chi connectivity index (χ2n) is 4.00. The molecule has 0 saturated heterocycles. The van der Waals surface area contributed by atoms with E-state index >= 15 is 0 Å². The Bertz CT molecular complexity index is 327. The van der Waals surface area contributed by atoms with Crippen LogP contribution in [-0.4, -0.2) is 32.6 Å². The second-order valence-corrected chi connectivity index (χ2v) is 4.00. The van der Waals surface area contributed by atoms with Crippen LogP contribution < -0.4 is 16.0 Å². The lowest BCUT2D eigenvalue weighted by Gasteiger charge is -2.19. The van der Waals surface area contributed by atoms with Crippen molar-refractivity contribution >= 4 is 11.6 Å². The molecule has 0 aliphatic heterocycles. The van der Waals surface area contributed by atoms with Crippen LogP contribution in [0.1, 0.15) is 12.8 Å². The Morgan fingerprint density at radius 1 is 1.35 bits per heavy atom. The van der Waals surface area contributed by atoms with Crippen molar-refractivity contribution in [3.8, 4) is 0 Å². The molecule has 94 valence electrons. The van der Waals surface area contributed by atoms with Crippen LogP contribution in [0.25, 0.3) is 0 Å². The van der Waals surface area contributed by atoms with Crippen LogP contribution in [0.2, 0.25) is 0 Å². The average molecular weight is 235 g/mol. The van der Waals surface area contributed by atoms with Crippen molar-refractivity contribution in [1.82, 2.24) is 5.32 Å². The van der Waals surface area contributed by atoms with E-state index in [1.807, 2.05) is 18.2 Å². The summed E-state index contributed by atoms with van der Waals surface area (Å²) in [7, 11) is 2.05. The van der Waals surface area contributed by atoms with E-state index in [-0.39, 0.29) is 5.91 Å². The van der Waals surface area contributed by atoms with Crippen LogP contribution in [-0.2, 0) is 4.79 Å². The van der Waals surface area contributed by atoms with Gasteiger partial charge in [0.25, 0.3) is 0 Å². The number of nitrogens with two attached hydrogens (primary N) is 1. The van der Waals surface area contributed by atoms with Gasteiger partial charge in [0.15, 0.2) is 0 Å². The van der Waals surface area contributed by atoms with Gasteiger partial charge in [-0.2, -0.15) is 0 Å². The Morgan fingerprint density at radius 2 is 2.06 bits per heavy atom. The summed E-state index contributed by atoms with van der Waals surface area (Å²) in [6.45, 7) is 2.04. The quantitative estimate of drug-likeness (QED) is 0.693. The summed E-state index contributed by atoms with van der Waals surface area (Å²) < 4.78 is 0. The smallest absolute Gasteiger partial charge is 0.221 e. The van der Waals surface area contributed by atoms with Crippen molar-refractivity contribution in [3.05, 3.63) is 30.3 Å². The molecular formula is C13H21N3O. The van der Waals surface area contributed by atoms with Gasteiger partial charge in [0.1, 0.15) is 0 Å². The normalized spacial score (nSPS) is 10.0. The van der Waals surface area contributed by atoms with E-state index in [2.05, 4.69) is 29.4 Å². The molecule has 1 rings (SSSR count). The van der Waals surface area contributed by atoms with Gasteiger partial charge in [-0.3, -0.25) is 4.79 Å². The maximum absolute atomic E-state index is 11.2. The molecule has 0 aliphatic rings. The van der Waals surface area contributed by atoms with Gasteiger partial charge in [-0.15, -0.1) is 0 Å². The fourth-order valence-electron chi connectivity index (χ4n) is 1.58. The highest BCUT2D eigenvalue weighted by Gasteiger charge is 2.01. The fraction of sp³-hybridized carbons (Fsp3) is 0.462. The molecule has 0 aromatic heterocycles. The molecule has 0 spiro atoms. The number of carbonyl (C=O) groups excluding carboxylic acids is 1. The second kappa shape index (κ2) is 7.68. The Kier molecular flexibility index (Phi) is 6.10. The maximum atomic E-state index is 11.2. The zero-order valence-corrected chi connectivity index (χ0v) is 10.4. The zero-order chi connectivity index (χ0) is 12.5. The Balaban J connectivity index is 2.17. The Labute approximate surface area is 103 Å². The van der Waals surface area contributed by atoms with Crippen molar-refractivity contribution in [2.75, 3.05) is 31.6 Å². The third-order valence-electron chi connectivity index (χ3n) is 2.56. The van der Waals surface area contributed by atoms with Gasteiger partial charge < -0.3 is 16.0 Å². The van der Waals surface area contributed by atoms with E-state index < -0.39 is 0 Å². The minimum Gasteiger partial charge on any atom is -0.375 e. The molecule has 4 nitrogen and oxygen atoms in total. The molecule has 0 saturated carbocycles. The molecule has 0 bridgehead atoms. The standard InChI is InChI=1S/C13H21N3O/c1-16(12-6-3-2-4-7-12)11-5-10-15-13(17)8-9-14/h2-4,6-7H,5,8-11,14H2,1H3,(H,15,17). The van der Waals surface area contributed by atoms with E-state index in [0.29, 0.717) is 19.5 Å². The molecule has 1 aromatic carbocycles. The predicted molar refractivity (Wildman–Crippen MR) is 71.0 cm³/mol. The maximum Gasteiger partial charge on any atom is 0.221 e. The number of nitrogens with one attached hydrogen (secondary N) is 1. The van der Waals surface area contributed by atoms with Crippen LogP contribution >= 0.6 is 0 Å². The number of hydrogen-bond donors (Lipinski definition) is 2. The number of rotatable bonds is 7. The highest BCUT2D eigenvalue weighted by molar-refractivity contribution is 5.75. The van der Waals surface area contributed by atoms with Gasteiger partial charge in [-0.25, -0.2) is 0 Å². The van der Waals surface area contributed by atoms with Crippen molar-refractivity contribution < 1.29 is 4.79 Å². The van der Waals surface area contributed by atoms with Gasteiger partial charge in [0.2, 0.25) is 5.91 Å². The highest BCUT2D eigenvalue weighted by Crippen LogP contribution is 2.10. The molecule has 1 aromatic rings. The third-order valence-corrected chi connectivity index (χ3v) is 2.56. The molecule has 17 heavy (non-hydrogen) atoms. The minimum atomic E-state index is 0.0369. The third kappa shape index (κ3) is 5.36. The van der Waals surface area contributed by atoms with Crippen molar-refractivity contribution in [3.63, 3.8) is 0 Å². The van der Waals surface area contributed by atoms with Crippen LogP contribution in [0, 0.1) is 0 Å². The highest BCUT2D eigenvalue weighted by atomic mass is 16.1. The van der Waals surface area contributed by atoms with E-state index in [1.165, 1.54) is 5.69 Å². The minimum absolute atomic E-state index is 0.0369. The summed E-state index contributed by atoms with van der Waals surface area (Å²) in [6, 6.07) is 10.2. The molecule has 0 fully saturated rings. The molecular weight excluding hydrogens is 214 g/mol. The van der Waals surface area contributed by atoms with Crippen LogP contribution in [0.15, 0.2) is 30.3 Å². The molecule has 1 amide bonds. The zero-order valence-electron chi connectivity index (χ0n) is 10.4. The van der Waals surface area contributed by atoms with Crippen molar-refractivity contribution in [1.29, 1.82) is 0 Å². The van der Waals surface area contributed by atoms with Gasteiger partial charge in [-0.1, -0.05) is 18.2 Å². The monoisotopic (exact) mass is 235 g/mol. The molecule has 0 radical (unpaired) electrons. The lowest BCUT2D eigenvalue weighted by molar-refractivity contribution is -0.120. The summed E-state index contributed by atoms with van der Waals surface area (Å²) in [4.78, 5) is 13.3. The van der Waals surface area contributed by atoms with Crippen LogP contribution in [0.4, 0.5) is 5.69 Å². The van der Waals surface area contributed by atoms with Gasteiger partial charge in [-0.05, 0) is 18.6 Å². The number of carbonyl (C=O) groups is 1. The largest absolute Gasteiger partial charge is 0.375 e. The first-order valence-corrected chi connectivity index (χ1v) is 5.97. The lowest BCUT2D eigenvalue weighted by atomic mass is 10.3. The van der Waals surface area contributed by atoms with Crippen molar-refractivity contribution in [2.45, 2.75) is 12.8 Å². The first-order valence-electron chi connectivity index (χ1n) is 5.97. The topological polar surface area (TPSA) is 58.4 Å². The fourth-order valence-corrected chi connectivity index (χ4v) is 1.58. The van der Waals surface area contributed by atoms with Gasteiger partial charge in [0, 0.05) is 38.8 Å². The van der Waals surface area contributed by atoms with E-state index in [1.54, 1.807) is 0 Å². The Morgan fingerprint density at radius 3 is 2.71 bits per heavy atom. The molecule has 0 heterocycles. The summed E-state index contributed by atoms with van der Waals surface area (Å²) >= 11 is 0. The van der Waals surface area contributed by atoms with Gasteiger partial charge in [0.05, 0.1) is 0 Å². The van der Waals surface area contributed by atoms with E-state index in [9.17, 15) is 4.79 Å². The molecule has 3 N–H and O–H groups in total. The van der Waals surface area contributed by atoms with Crippen molar-refractivity contribution in [2.24, 2.45) is 5.73 Å². The summed E-state index contributed by atoms with van der Waals surface area (Å²) in [6.07, 6.45) is 1.34. The number of hydrogen-bond acceptors (Lipinski definition) is 3. The number of benzene rings is 1. The number of nitrogens with zero attached hydrogens (tertiary/aromatic N) is 1. The predicted octanol–water partition coefficient (Wildman–Crippen LogP) is 0.978. The van der Waals surface area contributed by atoms with E-state index in [0.717, 1.165) is 13.0 Å². The number of para-hydroxylation sites is 1. The summed E-state index contributed by atoms with van der Waals surface area (Å²) in [5.74, 6) is 0.0369. The lowest BCUT2D eigenvalue weighted by Crippen LogP contribution is -2.29. The number of anilines is 1. The average Bonchev–Trinajstić information content (AvgIpc) is 2.36. The Hall–Kier alpha value is -1.55. The van der Waals surface area contributed by atoms with E-state index in [4.69, 9.17) is 5.73 Å². The first kappa shape index (κ1) is 13.5. The molecule has 0 atom stereocenters. The van der Waals surface area contributed by atoms with Crippen LogP contribution in [0.3, 0.4) is 0 Å². The summed E-state index contributed by atoms with van der Waals surface area (Å²) in [5, 5.41) is 2.84. The molecule has 0 aliphatic carbocycles.